The number of halogens is 2. The van der Waals surface area contributed by atoms with Gasteiger partial charge in [0.15, 0.2) is 0 Å². The molecule has 0 saturated heterocycles. The molecule has 10 heteroatoms. The van der Waals surface area contributed by atoms with E-state index in [0.29, 0.717) is 5.02 Å². The van der Waals surface area contributed by atoms with Crippen LogP contribution in [0.1, 0.15) is 15.9 Å². The Hall–Kier alpha value is -3.23. The highest BCUT2D eigenvalue weighted by molar-refractivity contribution is 6.40. The third kappa shape index (κ3) is 3.97. The Morgan fingerprint density at radius 3 is 2.63 bits per heavy atom. The van der Waals surface area contributed by atoms with E-state index in [1.165, 1.54) is 47.7 Å². The molecule has 2 aromatic carbocycles. The lowest BCUT2D eigenvalue weighted by Gasteiger charge is -2.09. The van der Waals surface area contributed by atoms with Crippen molar-refractivity contribution in [3.8, 4) is 5.75 Å². The molecular formula is C17H10Cl2N4O4. The van der Waals surface area contributed by atoms with Crippen LogP contribution in [0.2, 0.25) is 10.0 Å². The molecule has 0 atom stereocenters. The van der Waals surface area contributed by atoms with Crippen molar-refractivity contribution in [3.05, 3.63) is 80.3 Å². The predicted octanol–water partition coefficient (Wildman–Crippen LogP) is 4.08. The average molecular weight is 405 g/mol. The van der Waals surface area contributed by atoms with Crippen LogP contribution in [0.25, 0.3) is 11.8 Å². The van der Waals surface area contributed by atoms with Crippen LogP contribution in [0.15, 0.2) is 49.1 Å². The summed E-state index contributed by atoms with van der Waals surface area (Å²) < 4.78 is 1.17. The maximum Gasteiger partial charge on any atom is 0.270 e. The molecule has 0 amide bonds. The minimum atomic E-state index is -0.607. The number of non-ortho nitro benzene ring substituents is 1. The summed E-state index contributed by atoms with van der Waals surface area (Å²) in [5.74, 6) is -0.777. The first-order valence-corrected chi connectivity index (χ1v) is 8.16. The molecule has 27 heavy (non-hydrogen) atoms. The van der Waals surface area contributed by atoms with Crippen LogP contribution in [0.4, 0.5) is 5.69 Å². The number of aromatic nitrogens is 3. The summed E-state index contributed by atoms with van der Waals surface area (Å²) in [7, 11) is 0. The number of carbonyl (C=O) groups excluding carboxylic acids is 1. The molecule has 0 bridgehead atoms. The summed E-state index contributed by atoms with van der Waals surface area (Å²) in [6.45, 7) is 0. The van der Waals surface area contributed by atoms with Crippen molar-refractivity contribution in [1.82, 2.24) is 14.8 Å². The molecule has 1 N–H and O–H groups in total. The summed E-state index contributed by atoms with van der Waals surface area (Å²) >= 11 is 12.0. The van der Waals surface area contributed by atoms with Crippen molar-refractivity contribution in [2.24, 2.45) is 0 Å². The third-order valence-corrected chi connectivity index (χ3v) is 4.14. The number of ketones is 1. The average Bonchev–Trinajstić information content (AvgIpc) is 3.14. The normalized spacial score (nSPS) is 11.4. The smallest absolute Gasteiger partial charge is 0.270 e. The van der Waals surface area contributed by atoms with Gasteiger partial charge in [-0.2, -0.15) is 5.10 Å². The Labute approximate surface area is 162 Å². The number of aromatic hydroxyl groups is 1. The molecule has 8 nitrogen and oxygen atoms in total. The van der Waals surface area contributed by atoms with E-state index in [1.807, 2.05) is 0 Å². The van der Waals surface area contributed by atoms with Gasteiger partial charge in [0.2, 0.25) is 5.78 Å². The summed E-state index contributed by atoms with van der Waals surface area (Å²) in [6, 6.07) is 7.83. The third-order valence-electron chi connectivity index (χ3n) is 3.59. The van der Waals surface area contributed by atoms with E-state index in [0.717, 1.165) is 12.1 Å². The number of benzene rings is 2. The van der Waals surface area contributed by atoms with Gasteiger partial charge >= 0.3 is 0 Å². The second kappa shape index (κ2) is 7.56. The molecule has 0 radical (unpaired) electrons. The van der Waals surface area contributed by atoms with Crippen LogP contribution in [0.5, 0.6) is 5.75 Å². The molecule has 3 aromatic rings. The maximum absolute atomic E-state index is 13.0. The largest absolute Gasteiger partial charge is 0.507 e. The minimum Gasteiger partial charge on any atom is -0.507 e. The lowest BCUT2D eigenvalue weighted by Crippen LogP contribution is -2.10. The molecule has 1 heterocycles. The number of rotatable bonds is 5. The van der Waals surface area contributed by atoms with Crippen LogP contribution in [-0.4, -0.2) is 30.6 Å². The van der Waals surface area contributed by atoms with Crippen LogP contribution < -0.4 is 0 Å². The van der Waals surface area contributed by atoms with Crippen LogP contribution in [0, 0.1) is 10.1 Å². The number of nitrogens with zero attached hydrogens (tertiary/aromatic N) is 4. The van der Waals surface area contributed by atoms with Gasteiger partial charge in [0.25, 0.3) is 5.69 Å². The van der Waals surface area contributed by atoms with E-state index >= 15 is 0 Å². The quantitative estimate of drug-likeness (QED) is 0.296. The van der Waals surface area contributed by atoms with Gasteiger partial charge in [-0.15, -0.1) is 0 Å². The van der Waals surface area contributed by atoms with Crippen molar-refractivity contribution in [3.63, 3.8) is 0 Å². The Kier molecular flexibility index (Phi) is 5.20. The van der Waals surface area contributed by atoms with Gasteiger partial charge in [-0.25, -0.2) is 9.67 Å². The maximum atomic E-state index is 13.0. The second-order valence-electron chi connectivity index (χ2n) is 5.32. The molecule has 0 aliphatic rings. The first-order valence-electron chi connectivity index (χ1n) is 7.40. The molecule has 136 valence electrons. The van der Waals surface area contributed by atoms with E-state index in [2.05, 4.69) is 10.1 Å². The van der Waals surface area contributed by atoms with E-state index in [-0.39, 0.29) is 33.3 Å². The highest BCUT2D eigenvalue weighted by atomic mass is 35.5. The molecule has 0 unspecified atom stereocenters. The molecule has 0 saturated carbocycles. The minimum absolute atomic E-state index is 0.0208. The Balaban J connectivity index is 2.16. The Bertz CT molecular complexity index is 1060. The fourth-order valence-electron chi connectivity index (χ4n) is 2.30. The number of allylic oxidation sites excluding steroid dienone is 1. The van der Waals surface area contributed by atoms with Gasteiger partial charge in [-0.1, -0.05) is 23.2 Å². The second-order valence-corrected chi connectivity index (χ2v) is 6.17. The zero-order valence-electron chi connectivity index (χ0n) is 13.4. The number of phenolic OH excluding ortho intramolecular Hbond substituents is 1. The standard InChI is InChI=1S/C17H10Cl2N4O4/c18-11-1-3-13(14(19)7-11)17(25)15(22-9-20-8-21-22)6-10-5-12(23(26)27)2-4-16(10)24/h1-9,24H/b15-6-. The fourth-order valence-corrected chi connectivity index (χ4v) is 2.79. The van der Waals surface area contributed by atoms with Crippen molar-refractivity contribution in [2.45, 2.75) is 0 Å². The number of Topliss-reactive ketones (excluding diaryl/α,β-unsaturated/α-hetero) is 1. The van der Waals surface area contributed by atoms with Crippen molar-refractivity contribution in [2.75, 3.05) is 0 Å². The number of phenols is 1. The van der Waals surface area contributed by atoms with Crippen molar-refractivity contribution in [1.29, 1.82) is 0 Å². The molecule has 0 fully saturated rings. The highest BCUT2D eigenvalue weighted by Crippen LogP contribution is 2.29. The predicted molar refractivity (Wildman–Crippen MR) is 99.7 cm³/mol. The van der Waals surface area contributed by atoms with E-state index in [4.69, 9.17) is 23.2 Å². The first-order chi connectivity index (χ1) is 12.9. The van der Waals surface area contributed by atoms with Gasteiger partial charge < -0.3 is 5.11 Å². The number of carbonyl (C=O) groups is 1. The van der Waals surface area contributed by atoms with E-state index in [1.54, 1.807) is 0 Å². The van der Waals surface area contributed by atoms with Crippen LogP contribution >= 0.6 is 23.2 Å². The summed E-state index contributed by atoms with van der Waals surface area (Å²) in [5, 5.41) is 25.4. The van der Waals surface area contributed by atoms with Gasteiger partial charge in [0, 0.05) is 28.3 Å². The van der Waals surface area contributed by atoms with Crippen LogP contribution in [-0.2, 0) is 0 Å². The molecule has 1 aromatic heterocycles. The fraction of sp³-hybridized carbons (Fsp3) is 0. The van der Waals surface area contributed by atoms with Gasteiger partial charge in [-0.05, 0) is 30.3 Å². The Morgan fingerprint density at radius 2 is 2.00 bits per heavy atom. The number of nitro groups is 1. The SMILES string of the molecule is O=C(/C(=C/c1cc([N+](=O)[O-])ccc1O)n1cncn1)c1ccc(Cl)cc1Cl. The molecule has 0 aliphatic heterocycles. The highest BCUT2D eigenvalue weighted by Gasteiger charge is 2.20. The van der Waals surface area contributed by atoms with Crippen molar-refractivity contribution < 1.29 is 14.8 Å². The van der Waals surface area contributed by atoms with Gasteiger partial charge in [0.1, 0.15) is 24.1 Å². The summed E-state index contributed by atoms with van der Waals surface area (Å²) in [6.07, 6.45) is 3.77. The Morgan fingerprint density at radius 1 is 1.22 bits per heavy atom. The lowest BCUT2D eigenvalue weighted by atomic mass is 10.0. The van der Waals surface area contributed by atoms with Gasteiger partial charge in [0.05, 0.1) is 9.95 Å². The van der Waals surface area contributed by atoms with E-state index in [9.17, 15) is 20.0 Å². The van der Waals surface area contributed by atoms with E-state index < -0.39 is 10.7 Å². The summed E-state index contributed by atoms with van der Waals surface area (Å²) in [5.41, 5.74) is -0.0534. The lowest BCUT2D eigenvalue weighted by molar-refractivity contribution is -0.384. The molecule has 0 aliphatic carbocycles. The topological polar surface area (TPSA) is 111 Å². The zero-order valence-corrected chi connectivity index (χ0v) is 14.9. The number of hydrogen-bond acceptors (Lipinski definition) is 6. The molecule has 3 rings (SSSR count). The number of nitro benzene ring substituents is 1. The zero-order chi connectivity index (χ0) is 19.6. The molecular weight excluding hydrogens is 395 g/mol. The molecule has 0 spiro atoms. The summed E-state index contributed by atoms with van der Waals surface area (Å²) in [4.78, 5) is 27.2. The monoisotopic (exact) mass is 404 g/mol. The first kappa shape index (κ1) is 18.6. The van der Waals surface area contributed by atoms with Gasteiger partial charge in [-0.3, -0.25) is 14.9 Å². The number of hydrogen-bond donors (Lipinski definition) is 1. The van der Waals surface area contributed by atoms with Crippen LogP contribution in [0.3, 0.4) is 0 Å². The van der Waals surface area contributed by atoms with Crippen molar-refractivity contribution >= 4 is 46.4 Å².